The van der Waals surface area contributed by atoms with Crippen molar-refractivity contribution in [2.75, 3.05) is 0 Å². The fourth-order valence-corrected chi connectivity index (χ4v) is 2.82. The van der Waals surface area contributed by atoms with Crippen molar-refractivity contribution in [1.29, 1.82) is 0 Å². The molecule has 1 aliphatic rings. The molecule has 22 heavy (non-hydrogen) atoms. The van der Waals surface area contributed by atoms with Gasteiger partial charge in [0, 0.05) is 23.2 Å². The molecule has 1 saturated carbocycles. The quantitative estimate of drug-likeness (QED) is 0.795. The lowest BCUT2D eigenvalue weighted by Gasteiger charge is -2.26. The zero-order valence-corrected chi connectivity index (χ0v) is 12.7. The van der Waals surface area contributed by atoms with Crippen LogP contribution in [0.25, 0.3) is 0 Å². The van der Waals surface area contributed by atoms with Crippen LogP contribution in [0.2, 0.25) is 5.02 Å². The molecular weight excluding hydrogens is 311 g/mol. The van der Waals surface area contributed by atoms with Gasteiger partial charge in [0.1, 0.15) is 5.82 Å². The number of carboxylic acid groups (broad SMARTS) is 1. The molecule has 2 amide bonds. The maximum atomic E-state index is 13.6. The number of nitrogens with one attached hydrogen (secondary N) is 2. The van der Waals surface area contributed by atoms with Gasteiger partial charge in [-0.15, -0.1) is 0 Å². The Morgan fingerprint density at radius 1 is 1.27 bits per heavy atom. The fourth-order valence-electron chi connectivity index (χ4n) is 2.59. The molecule has 3 N–H and O–H groups in total. The number of amides is 2. The van der Waals surface area contributed by atoms with Crippen LogP contribution >= 0.6 is 11.6 Å². The summed E-state index contributed by atoms with van der Waals surface area (Å²) in [6.45, 7) is 0.00180. The van der Waals surface area contributed by atoms with Gasteiger partial charge in [0.05, 0.1) is 5.92 Å². The van der Waals surface area contributed by atoms with Crippen LogP contribution in [0.5, 0.6) is 0 Å². The summed E-state index contributed by atoms with van der Waals surface area (Å²) in [5.41, 5.74) is 0.244. The Hall–Kier alpha value is -1.82. The van der Waals surface area contributed by atoms with E-state index in [1.165, 1.54) is 12.1 Å². The maximum Gasteiger partial charge on any atom is 0.315 e. The van der Waals surface area contributed by atoms with Crippen molar-refractivity contribution in [1.82, 2.24) is 10.6 Å². The smallest absolute Gasteiger partial charge is 0.315 e. The van der Waals surface area contributed by atoms with Gasteiger partial charge in [0.25, 0.3) is 0 Å². The standard InChI is InChI=1S/C15H18ClFN2O3/c16-12-2-1-3-13(17)11(12)8-18-15(22)19-10-6-4-9(5-7-10)14(20)21/h1-3,9-10H,4-8H2,(H,20,21)(H2,18,19,22). The first-order valence-corrected chi connectivity index (χ1v) is 7.55. The number of benzene rings is 1. The molecule has 0 heterocycles. The molecule has 1 aromatic carbocycles. The summed E-state index contributed by atoms with van der Waals surface area (Å²) in [6, 6.07) is 3.90. The van der Waals surface area contributed by atoms with E-state index in [-0.39, 0.29) is 29.1 Å². The molecule has 0 unspecified atom stereocenters. The van der Waals surface area contributed by atoms with E-state index in [2.05, 4.69) is 10.6 Å². The summed E-state index contributed by atoms with van der Waals surface area (Å²) in [7, 11) is 0. The Morgan fingerprint density at radius 3 is 2.55 bits per heavy atom. The molecule has 0 radical (unpaired) electrons. The summed E-state index contributed by atoms with van der Waals surface area (Å²) in [5, 5.41) is 14.5. The molecule has 7 heteroatoms. The summed E-state index contributed by atoms with van der Waals surface area (Å²) >= 11 is 5.88. The third-order valence-electron chi connectivity index (χ3n) is 3.90. The van der Waals surface area contributed by atoms with E-state index in [0.29, 0.717) is 25.7 Å². The molecule has 0 aromatic heterocycles. The molecule has 0 bridgehead atoms. The van der Waals surface area contributed by atoms with Gasteiger partial charge in [0.2, 0.25) is 0 Å². The minimum absolute atomic E-state index is 0.00180. The number of rotatable bonds is 4. The highest BCUT2D eigenvalue weighted by Crippen LogP contribution is 2.24. The van der Waals surface area contributed by atoms with Gasteiger partial charge in [-0.05, 0) is 37.8 Å². The number of hydrogen-bond donors (Lipinski definition) is 3. The third-order valence-corrected chi connectivity index (χ3v) is 4.25. The normalized spacial score (nSPS) is 21.2. The molecular formula is C15H18ClFN2O3. The second-order valence-corrected chi connectivity index (χ2v) is 5.82. The highest BCUT2D eigenvalue weighted by atomic mass is 35.5. The van der Waals surface area contributed by atoms with Crippen LogP contribution in [0.1, 0.15) is 31.2 Å². The monoisotopic (exact) mass is 328 g/mol. The number of aliphatic carboxylic acids is 1. The largest absolute Gasteiger partial charge is 0.481 e. The predicted octanol–water partition coefficient (Wildman–Crippen LogP) is 2.92. The Kier molecular flexibility index (Phi) is 5.60. The summed E-state index contributed by atoms with van der Waals surface area (Å²) < 4.78 is 13.6. The lowest BCUT2D eigenvalue weighted by atomic mass is 9.86. The predicted molar refractivity (Wildman–Crippen MR) is 80.2 cm³/mol. The van der Waals surface area contributed by atoms with Gasteiger partial charge in [-0.1, -0.05) is 17.7 Å². The topological polar surface area (TPSA) is 78.4 Å². The van der Waals surface area contributed by atoms with Crippen molar-refractivity contribution < 1.29 is 19.1 Å². The van der Waals surface area contributed by atoms with Gasteiger partial charge < -0.3 is 15.7 Å². The first-order chi connectivity index (χ1) is 10.5. The van der Waals surface area contributed by atoms with E-state index in [4.69, 9.17) is 16.7 Å². The molecule has 5 nitrogen and oxygen atoms in total. The van der Waals surface area contributed by atoms with Crippen LogP contribution in [0.3, 0.4) is 0 Å². The second-order valence-electron chi connectivity index (χ2n) is 5.41. The average molecular weight is 329 g/mol. The van der Waals surface area contributed by atoms with Gasteiger partial charge in [-0.3, -0.25) is 4.79 Å². The van der Waals surface area contributed by atoms with Gasteiger partial charge in [-0.2, -0.15) is 0 Å². The van der Waals surface area contributed by atoms with Crippen molar-refractivity contribution in [2.24, 2.45) is 5.92 Å². The Bertz CT molecular complexity index is 539. The zero-order chi connectivity index (χ0) is 16.1. The van der Waals surface area contributed by atoms with Crippen LogP contribution in [0, 0.1) is 11.7 Å². The first-order valence-electron chi connectivity index (χ1n) is 7.17. The number of urea groups is 1. The average Bonchev–Trinajstić information content (AvgIpc) is 2.47. The first kappa shape index (κ1) is 16.5. The van der Waals surface area contributed by atoms with Crippen LogP contribution < -0.4 is 10.6 Å². The SMILES string of the molecule is O=C(NCc1c(F)cccc1Cl)NC1CCC(C(=O)O)CC1. The van der Waals surface area contributed by atoms with Crippen molar-refractivity contribution >= 4 is 23.6 Å². The molecule has 120 valence electrons. The molecule has 0 saturated heterocycles. The van der Waals surface area contributed by atoms with E-state index in [1.807, 2.05) is 0 Å². The molecule has 1 aromatic rings. The van der Waals surface area contributed by atoms with Crippen molar-refractivity contribution in [3.63, 3.8) is 0 Å². The highest BCUT2D eigenvalue weighted by molar-refractivity contribution is 6.31. The minimum Gasteiger partial charge on any atom is -0.481 e. The number of halogens is 2. The van der Waals surface area contributed by atoms with Crippen LogP contribution in [-0.4, -0.2) is 23.1 Å². The molecule has 2 rings (SSSR count). The third kappa shape index (κ3) is 4.34. The molecule has 1 aliphatic carbocycles. The molecule has 0 aliphatic heterocycles. The lowest BCUT2D eigenvalue weighted by Crippen LogP contribution is -2.44. The number of carbonyl (C=O) groups excluding carboxylic acids is 1. The number of hydrogen-bond acceptors (Lipinski definition) is 2. The van der Waals surface area contributed by atoms with E-state index in [0.717, 1.165) is 0 Å². The Morgan fingerprint density at radius 2 is 1.95 bits per heavy atom. The molecule has 1 fully saturated rings. The van der Waals surface area contributed by atoms with Crippen molar-refractivity contribution in [3.05, 3.63) is 34.6 Å². The Labute approximate surface area is 132 Å². The molecule has 0 atom stereocenters. The summed E-state index contributed by atoms with van der Waals surface area (Å²) in [5.74, 6) is -1.56. The molecule has 0 spiro atoms. The van der Waals surface area contributed by atoms with Crippen molar-refractivity contribution in [2.45, 2.75) is 38.3 Å². The maximum absolute atomic E-state index is 13.6. The van der Waals surface area contributed by atoms with Gasteiger partial charge in [-0.25, -0.2) is 9.18 Å². The van der Waals surface area contributed by atoms with Crippen molar-refractivity contribution in [3.8, 4) is 0 Å². The van der Waals surface area contributed by atoms with Crippen LogP contribution in [0.15, 0.2) is 18.2 Å². The number of carbonyl (C=O) groups is 2. The van der Waals surface area contributed by atoms with E-state index in [1.54, 1.807) is 6.07 Å². The number of carboxylic acids is 1. The van der Waals surface area contributed by atoms with Crippen LogP contribution in [-0.2, 0) is 11.3 Å². The second kappa shape index (κ2) is 7.45. The van der Waals surface area contributed by atoms with E-state index in [9.17, 15) is 14.0 Å². The zero-order valence-electron chi connectivity index (χ0n) is 11.9. The van der Waals surface area contributed by atoms with Crippen LogP contribution in [0.4, 0.5) is 9.18 Å². The van der Waals surface area contributed by atoms with E-state index >= 15 is 0 Å². The van der Waals surface area contributed by atoms with Gasteiger partial charge >= 0.3 is 12.0 Å². The minimum atomic E-state index is -0.780. The van der Waals surface area contributed by atoms with E-state index < -0.39 is 17.8 Å². The van der Waals surface area contributed by atoms with Gasteiger partial charge in [0.15, 0.2) is 0 Å². The lowest BCUT2D eigenvalue weighted by molar-refractivity contribution is -0.142. The highest BCUT2D eigenvalue weighted by Gasteiger charge is 2.26. The fraction of sp³-hybridized carbons (Fsp3) is 0.467. The summed E-state index contributed by atoms with van der Waals surface area (Å²) in [6.07, 6.45) is 2.37. The summed E-state index contributed by atoms with van der Waals surface area (Å²) in [4.78, 5) is 22.7. The Balaban J connectivity index is 1.78.